The lowest BCUT2D eigenvalue weighted by molar-refractivity contribution is 1.42. The molecule has 63 valence electrons. The van der Waals surface area contributed by atoms with Gasteiger partial charge in [-0.1, -0.05) is 34.9 Å². The van der Waals surface area contributed by atoms with Crippen molar-refractivity contribution < 1.29 is 0 Å². The molecule has 2 heteroatoms. The van der Waals surface area contributed by atoms with Gasteiger partial charge < -0.3 is 0 Å². The Labute approximate surface area is 82.8 Å². The summed E-state index contributed by atoms with van der Waals surface area (Å²) in [4.78, 5) is 0. The lowest BCUT2D eigenvalue weighted by atomic mass is 10.1. The van der Waals surface area contributed by atoms with E-state index in [-0.39, 0.29) is 0 Å². The van der Waals surface area contributed by atoms with Crippen LogP contribution in [0.2, 0.25) is 10.0 Å². The van der Waals surface area contributed by atoms with Crippen LogP contribution >= 0.6 is 23.2 Å². The van der Waals surface area contributed by atoms with Crippen LogP contribution < -0.4 is 0 Å². The topological polar surface area (TPSA) is 0 Å². The van der Waals surface area contributed by atoms with Gasteiger partial charge in [-0.3, -0.25) is 0 Å². The van der Waals surface area contributed by atoms with E-state index in [1.165, 1.54) is 5.57 Å². The normalized spacial score (nSPS) is 9.67. The molecule has 1 radical (unpaired) electrons. The highest BCUT2D eigenvalue weighted by atomic mass is 35.5. The summed E-state index contributed by atoms with van der Waals surface area (Å²) in [5.41, 5.74) is 2.12. The standard InChI is InChI=1S/C10H9Cl2/c1-7(2)3-8-4-9(11)6-10(12)5-8/h3-4,6H,1-2H3. The Bertz CT molecular complexity index is 289. The van der Waals surface area contributed by atoms with Gasteiger partial charge in [0.15, 0.2) is 0 Å². The van der Waals surface area contributed by atoms with E-state index in [2.05, 4.69) is 6.07 Å². The van der Waals surface area contributed by atoms with Crippen LogP contribution in [0.1, 0.15) is 19.4 Å². The van der Waals surface area contributed by atoms with E-state index in [4.69, 9.17) is 23.2 Å². The summed E-state index contributed by atoms with van der Waals surface area (Å²) in [6, 6.07) is 6.49. The van der Waals surface area contributed by atoms with E-state index in [9.17, 15) is 0 Å². The molecule has 0 aliphatic heterocycles. The lowest BCUT2D eigenvalue weighted by Crippen LogP contribution is -1.75. The van der Waals surface area contributed by atoms with Gasteiger partial charge in [-0.25, -0.2) is 0 Å². The van der Waals surface area contributed by atoms with Crippen LogP contribution in [0.25, 0.3) is 6.08 Å². The molecular formula is C10H9Cl2. The largest absolute Gasteiger partial charge is 0.0843 e. The summed E-state index contributed by atoms with van der Waals surface area (Å²) in [6.45, 7) is 4.03. The van der Waals surface area contributed by atoms with E-state index in [1.807, 2.05) is 26.0 Å². The molecule has 0 fully saturated rings. The van der Waals surface area contributed by atoms with E-state index in [0.29, 0.717) is 10.0 Å². The first-order chi connectivity index (χ1) is 5.58. The fourth-order valence-electron chi connectivity index (χ4n) is 0.910. The second-order valence-corrected chi connectivity index (χ2v) is 3.67. The molecule has 0 saturated heterocycles. The number of hydrogen-bond donors (Lipinski definition) is 0. The van der Waals surface area contributed by atoms with E-state index >= 15 is 0 Å². The highest BCUT2D eigenvalue weighted by Crippen LogP contribution is 2.19. The average Bonchev–Trinajstić information content (AvgIpc) is 1.81. The van der Waals surface area contributed by atoms with Crippen molar-refractivity contribution >= 4 is 29.3 Å². The molecule has 0 atom stereocenters. The van der Waals surface area contributed by atoms with Crippen LogP contribution in [0.4, 0.5) is 0 Å². The zero-order valence-corrected chi connectivity index (χ0v) is 8.50. The summed E-state index contributed by atoms with van der Waals surface area (Å²) in [7, 11) is 0. The van der Waals surface area contributed by atoms with Crippen LogP contribution in [0.3, 0.4) is 0 Å². The maximum absolute atomic E-state index is 5.80. The molecule has 1 aromatic rings. The summed E-state index contributed by atoms with van der Waals surface area (Å²) < 4.78 is 0. The summed E-state index contributed by atoms with van der Waals surface area (Å²) in [5.74, 6) is 0. The maximum atomic E-state index is 5.80. The van der Waals surface area contributed by atoms with Crippen LogP contribution in [0.5, 0.6) is 0 Å². The Morgan fingerprint density at radius 1 is 1.33 bits per heavy atom. The van der Waals surface area contributed by atoms with Crippen molar-refractivity contribution in [3.8, 4) is 0 Å². The minimum absolute atomic E-state index is 0.551. The third kappa shape index (κ3) is 2.88. The quantitative estimate of drug-likeness (QED) is 0.636. The molecule has 0 spiro atoms. The van der Waals surface area contributed by atoms with Crippen molar-refractivity contribution in [1.29, 1.82) is 0 Å². The number of rotatable bonds is 1. The highest BCUT2D eigenvalue weighted by molar-refractivity contribution is 6.34. The maximum Gasteiger partial charge on any atom is 0.0505 e. The number of allylic oxidation sites excluding steroid dienone is 1. The van der Waals surface area contributed by atoms with Crippen molar-refractivity contribution in [2.45, 2.75) is 13.8 Å². The van der Waals surface area contributed by atoms with Gasteiger partial charge in [-0.05, 0) is 31.5 Å². The average molecular weight is 200 g/mol. The molecular weight excluding hydrogens is 191 g/mol. The number of halogens is 2. The van der Waals surface area contributed by atoms with Crippen LogP contribution in [0, 0.1) is 6.07 Å². The zero-order chi connectivity index (χ0) is 9.14. The van der Waals surface area contributed by atoms with Gasteiger partial charge in [0.2, 0.25) is 0 Å². The fraction of sp³-hybridized carbons (Fsp3) is 0.200. The highest BCUT2D eigenvalue weighted by Gasteiger charge is 1.95. The van der Waals surface area contributed by atoms with Gasteiger partial charge in [0, 0.05) is 11.1 Å². The Morgan fingerprint density at radius 3 is 2.50 bits per heavy atom. The van der Waals surface area contributed by atoms with Crippen molar-refractivity contribution in [2.75, 3.05) is 0 Å². The van der Waals surface area contributed by atoms with Crippen LogP contribution in [-0.4, -0.2) is 0 Å². The monoisotopic (exact) mass is 199 g/mol. The molecule has 0 unspecified atom stereocenters. The van der Waals surface area contributed by atoms with Crippen LogP contribution in [0.15, 0.2) is 17.7 Å². The molecule has 0 aliphatic rings. The molecule has 0 heterocycles. The first-order valence-electron chi connectivity index (χ1n) is 3.61. The van der Waals surface area contributed by atoms with Crippen molar-refractivity contribution in [2.24, 2.45) is 0 Å². The van der Waals surface area contributed by atoms with Gasteiger partial charge in [-0.2, -0.15) is 0 Å². The second-order valence-electron chi connectivity index (χ2n) is 2.82. The summed E-state index contributed by atoms with van der Waals surface area (Å²) in [5, 5.41) is 1.20. The minimum atomic E-state index is 0.551. The molecule has 12 heavy (non-hydrogen) atoms. The minimum Gasteiger partial charge on any atom is -0.0843 e. The van der Waals surface area contributed by atoms with E-state index in [1.54, 1.807) is 6.07 Å². The van der Waals surface area contributed by atoms with Gasteiger partial charge in [-0.15, -0.1) is 0 Å². The smallest absolute Gasteiger partial charge is 0.0505 e. The predicted octanol–water partition coefficient (Wildman–Crippen LogP) is 4.22. The van der Waals surface area contributed by atoms with Crippen molar-refractivity contribution in [3.05, 3.63) is 39.4 Å². The Hall–Kier alpha value is -0.460. The second kappa shape index (κ2) is 3.97. The summed E-state index contributed by atoms with van der Waals surface area (Å²) >= 11 is 11.6. The van der Waals surface area contributed by atoms with Gasteiger partial charge in [0.25, 0.3) is 0 Å². The molecule has 0 saturated carbocycles. The SMILES string of the molecule is CC(C)=Cc1[c]c(Cl)cc(Cl)c1. The molecule has 1 aromatic carbocycles. The molecule has 0 aromatic heterocycles. The van der Waals surface area contributed by atoms with Crippen molar-refractivity contribution in [3.63, 3.8) is 0 Å². The molecule has 0 N–H and O–H groups in total. The van der Waals surface area contributed by atoms with Gasteiger partial charge >= 0.3 is 0 Å². The Kier molecular flexibility index (Phi) is 3.19. The fourth-order valence-corrected chi connectivity index (χ4v) is 1.42. The van der Waals surface area contributed by atoms with Crippen molar-refractivity contribution in [1.82, 2.24) is 0 Å². The third-order valence-corrected chi connectivity index (χ3v) is 1.69. The molecule has 1 rings (SSSR count). The number of hydrogen-bond acceptors (Lipinski definition) is 0. The molecule has 0 nitrogen and oxygen atoms in total. The predicted molar refractivity (Wildman–Crippen MR) is 54.6 cm³/mol. The molecule has 0 amide bonds. The Balaban J connectivity index is 3.09. The van der Waals surface area contributed by atoms with Gasteiger partial charge in [0.1, 0.15) is 0 Å². The number of benzene rings is 1. The van der Waals surface area contributed by atoms with E-state index < -0.39 is 0 Å². The first kappa shape index (κ1) is 9.63. The van der Waals surface area contributed by atoms with Crippen LogP contribution in [-0.2, 0) is 0 Å². The Morgan fingerprint density at radius 2 is 2.00 bits per heavy atom. The zero-order valence-electron chi connectivity index (χ0n) is 6.99. The third-order valence-electron chi connectivity index (χ3n) is 1.27. The lowest BCUT2D eigenvalue weighted by Gasteiger charge is -1.96. The molecule has 0 bridgehead atoms. The molecule has 0 aliphatic carbocycles. The van der Waals surface area contributed by atoms with E-state index in [0.717, 1.165) is 5.56 Å². The summed E-state index contributed by atoms with van der Waals surface area (Å²) in [6.07, 6.45) is 1.98. The first-order valence-corrected chi connectivity index (χ1v) is 4.37. The van der Waals surface area contributed by atoms with Gasteiger partial charge in [0.05, 0.1) is 5.02 Å².